The van der Waals surface area contributed by atoms with Crippen LogP contribution in [-0.2, 0) is 6.54 Å². The van der Waals surface area contributed by atoms with E-state index >= 15 is 0 Å². The lowest BCUT2D eigenvalue weighted by molar-refractivity contribution is 0.201. The first-order chi connectivity index (χ1) is 9.76. The maximum atomic E-state index is 12.0. The number of urea groups is 1. The average molecular weight is 277 g/mol. The largest absolute Gasteiger partial charge is 0.337 e. The van der Waals surface area contributed by atoms with Gasteiger partial charge in [-0.15, -0.1) is 0 Å². The van der Waals surface area contributed by atoms with Crippen LogP contribution < -0.4 is 5.32 Å². The van der Waals surface area contributed by atoms with Gasteiger partial charge in [-0.3, -0.25) is 10.3 Å². The number of unbranched alkanes of at least 4 members (excludes halogenated alkanes) is 1. The number of amidine groups is 1. The predicted molar refractivity (Wildman–Crippen MR) is 78.8 cm³/mol. The number of carbonyl (C=O) groups excluding carboxylic acids is 1. The Morgan fingerprint density at radius 2 is 2.25 bits per heavy atom. The molecule has 0 bridgehead atoms. The first-order valence-corrected chi connectivity index (χ1v) is 7.26. The number of rotatable bonds is 7. The summed E-state index contributed by atoms with van der Waals surface area (Å²) >= 11 is 0. The van der Waals surface area contributed by atoms with E-state index in [1.165, 1.54) is 0 Å². The van der Waals surface area contributed by atoms with Gasteiger partial charge < -0.3 is 9.47 Å². The van der Waals surface area contributed by atoms with E-state index in [4.69, 9.17) is 0 Å². The van der Waals surface area contributed by atoms with Crippen molar-refractivity contribution >= 4 is 11.9 Å². The molecule has 110 valence electrons. The molecule has 1 unspecified atom stereocenters. The number of nitrogens with zero attached hydrogens (tertiary/aromatic N) is 4. The van der Waals surface area contributed by atoms with Gasteiger partial charge >= 0.3 is 6.03 Å². The lowest BCUT2D eigenvalue weighted by Gasteiger charge is -2.22. The summed E-state index contributed by atoms with van der Waals surface area (Å²) in [4.78, 5) is 22.2. The lowest BCUT2D eigenvalue weighted by Crippen LogP contribution is -2.36. The fourth-order valence-corrected chi connectivity index (χ4v) is 2.55. The second kappa shape index (κ2) is 7.07. The molecule has 1 aliphatic heterocycles. The predicted octanol–water partition coefficient (Wildman–Crippen LogP) is 1.89. The second-order valence-corrected chi connectivity index (χ2v) is 5.04. The SMILES string of the molecule is CCCCC1C(=NC)NC(=O)N1CCCn1ccnc1. The third-order valence-corrected chi connectivity index (χ3v) is 3.63. The summed E-state index contributed by atoms with van der Waals surface area (Å²) in [5, 5.41) is 2.87. The molecule has 1 aromatic heterocycles. The van der Waals surface area contributed by atoms with Gasteiger partial charge in [0.2, 0.25) is 0 Å². The Bertz CT molecular complexity index is 454. The third-order valence-electron chi connectivity index (χ3n) is 3.63. The minimum Gasteiger partial charge on any atom is -0.337 e. The van der Waals surface area contributed by atoms with Crippen LogP contribution in [0, 0.1) is 0 Å². The first-order valence-electron chi connectivity index (χ1n) is 7.26. The van der Waals surface area contributed by atoms with E-state index in [1.807, 2.05) is 15.7 Å². The Morgan fingerprint density at radius 3 is 2.90 bits per heavy atom. The van der Waals surface area contributed by atoms with E-state index < -0.39 is 0 Å². The number of hydrogen-bond donors (Lipinski definition) is 1. The molecule has 1 N–H and O–H groups in total. The number of hydrogen-bond acceptors (Lipinski definition) is 3. The van der Waals surface area contributed by atoms with Crippen LogP contribution in [0.3, 0.4) is 0 Å². The molecule has 6 heteroatoms. The normalized spacial score (nSPS) is 20.7. The van der Waals surface area contributed by atoms with Crippen LogP contribution in [-0.4, -0.2) is 46.0 Å². The van der Waals surface area contributed by atoms with Crippen molar-refractivity contribution in [3.05, 3.63) is 18.7 Å². The number of aryl methyl sites for hydroxylation is 1. The van der Waals surface area contributed by atoms with E-state index in [9.17, 15) is 4.79 Å². The molecule has 0 aromatic carbocycles. The number of amides is 2. The fraction of sp³-hybridized carbons (Fsp3) is 0.643. The molecule has 0 spiro atoms. The summed E-state index contributed by atoms with van der Waals surface area (Å²) < 4.78 is 2.03. The van der Waals surface area contributed by atoms with Gasteiger partial charge in [0, 0.05) is 32.5 Å². The Morgan fingerprint density at radius 1 is 1.40 bits per heavy atom. The maximum Gasteiger partial charge on any atom is 0.323 e. The van der Waals surface area contributed by atoms with Gasteiger partial charge in [-0.1, -0.05) is 19.8 Å². The van der Waals surface area contributed by atoms with E-state index in [0.717, 1.165) is 44.6 Å². The highest BCUT2D eigenvalue weighted by atomic mass is 16.2. The van der Waals surface area contributed by atoms with E-state index in [0.29, 0.717) is 0 Å². The zero-order valence-corrected chi connectivity index (χ0v) is 12.2. The summed E-state index contributed by atoms with van der Waals surface area (Å²) in [7, 11) is 1.74. The summed E-state index contributed by atoms with van der Waals surface area (Å²) in [6.45, 7) is 3.79. The summed E-state index contributed by atoms with van der Waals surface area (Å²) in [6.07, 6.45) is 9.65. The highest BCUT2D eigenvalue weighted by Crippen LogP contribution is 2.16. The van der Waals surface area contributed by atoms with Crippen molar-refractivity contribution in [2.45, 2.75) is 45.2 Å². The van der Waals surface area contributed by atoms with Crippen molar-refractivity contribution in [3.8, 4) is 0 Å². The monoisotopic (exact) mass is 277 g/mol. The number of nitrogens with one attached hydrogen (secondary N) is 1. The van der Waals surface area contributed by atoms with Crippen molar-refractivity contribution in [2.24, 2.45) is 4.99 Å². The molecule has 1 saturated heterocycles. The zero-order valence-electron chi connectivity index (χ0n) is 12.2. The molecule has 0 radical (unpaired) electrons. The van der Waals surface area contributed by atoms with Gasteiger partial charge in [0.25, 0.3) is 0 Å². The fourth-order valence-electron chi connectivity index (χ4n) is 2.55. The minimum atomic E-state index is -0.0164. The van der Waals surface area contributed by atoms with Gasteiger partial charge in [0.15, 0.2) is 0 Å². The van der Waals surface area contributed by atoms with E-state index in [-0.39, 0.29) is 12.1 Å². The molecule has 1 atom stereocenters. The molecule has 1 aromatic rings. The van der Waals surface area contributed by atoms with Gasteiger partial charge in [-0.25, -0.2) is 9.78 Å². The maximum absolute atomic E-state index is 12.0. The van der Waals surface area contributed by atoms with Crippen LogP contribution in [0.2, 0.25) is 0 Å². The minimum absolute atomic E-state index is 0.0164. The van der Waals surface area contributed by atoms with Crippen LogP contribution in [0.4, 0.5) is 4.79 Å². The third kappa shape index (κ3) is 3.37. The van der Waals surface area contributed by atoms with Crippen LogP contribution in [0.5, 0.6) is 0 Å². The van der Waals surface area contributed by atoms with Gasteiger partial charge in [-0.05, 0) is 12.8 Å². The van der Waals surface area contributed by atoms with Gasteiger partial charge in [0.05, 0.1) is 12.4 Å². The lowest BCUT2D eigenvalue weighted by atomic mass is 10.1. The smallest absolute Gasteiger partial charge is 0.323 e. The number of aromatic nitrogens is 2. The van der Waals surface area contributed by atoms with Crippen molar-refractivity contribution in [1.29, 1.82) is 0 Å². The van der Waals surface area contributed by atoms with Crippen LogP contribution >= 0.6 is 0 Å². The van der Waals surface area contributed by atoms with Crippen LogP contribution in [0.1, 0.15) is 32.6 Å². The van der Waals surface area contributed by atoms with Crippen molar-refractivity contribution in [2.75, 3.05) is 13.6 Å². The first kappa shape index (κ1) is 14.6. The Balaban J connectivity index is 1.90. The molecule has 0 aliphatic carbocycles. The van der Waals surface area contributed by atoms with Crippen molar-refractivity contribution in [3.63, 3.8) is 0 Å². The van der Waals surface area contributed by atoms with Gasteiger partial charge in [-0.2, -0.15) is 0 Å². The molecular formula is C14H23N5O. The summed E-state index contributed by atoms with van der Waals surface area (Å²) in [5.41, 5.74) is 0. The number of aliphatic imine (C=N–C) groups is 1. The molecule has 2 rings (SSSR count). The van der Waals surface area contributed by atoms with Crippen LogP contribution in [0.25, 0.3) is 0 Å². The Labute approximate surface area is 119 Å². The Hall–Kier alpha value is -1.85. The molecule has 1 aliphatic rings. The standard InChI is InChI=1S/C14H23N5O/c1-3-4-6-12-13(15-2)17-14(20)19(12)9-5-8-18-10-7-16-11-18/h7,10-12H,3-6,8-9H2,1-2H3,(H,15,17,20). The van der Waals surface area contributed by atoms with Crippen LogP contribution in [0.15, 0.2) is 23.7 Å². The molecule has 1 fully saturated rings. The quantitative estimate of drug-likeness (QED) is 0.827. The molecule has 2 amide bonds. The highest BCUT2D eigenvalue weighted by molar-refractivity contribution is 6.07. The summed E-state index contributed by atoms with van der Waals surface area (Å²) in [6, 6.07) is 0.104. The number of imidazole rings is 1. The van der Waals surface area contributed by atoms with E-state index in [2.05, 4.69) is 22.2 Å². The van der Waals surface area contributed by atoms with E-state index in [1.54, 1.807) is 19.6 Å². The molecule has 20 heavy (non-hydrogen) atoms. The van der Waals surface area contributed by atoms with Crippen molar-refractivity contribution in [1.82, 2.24) is 19.8 Å². The zero-order chi connectivity index (χ0) is 14.4. The highest BCUT2D eigenvalue weighted by Gasteiger charge is 2.34. The average Bonchev–Trinajstić information content (AvgIpc) is 3.06. The number of carbonyl (C=O) groups is 1. The Kier molecular flexibility index (Phi) is 5.15. The topological polar surface area (TPSA) is 62.5 Å². The molecule has 0 saturated carbocycles. The van der Waals surface area contributed by atoms with Gasteiger partial charge in [0.1, 0.15) is 5.84 Å². The molecule has 2 heterocycles. The van der Waals surface area contributed by atoms with Crippen molar-refractivity contribution < 1.29 is 4.79 Å². The molecule has 6 nitrogen and oxygen atoms in total. The second-order valence-electron chi connectivity index (χ2n) is 5.04. The molecular weight excluding hydrogens is 254 g/mol. The summed E-state index contributed by atoms with van der Waals surface area (Å²) in [5.74, 6) is 0.811.